The highest BCUT2D eigenvalue weighted by atomic mass is 35.5. The minimum atomic E-state index is -0.281. The van der Waals surface area contributed by atoms with Crippen LogP contribution in [0.2, 0.25) is 5.02 Å². The smallest absolute Gasteiger partial charge is 0.229 e. The fourth-order valence-corrected chi connectivity index (χ4v) is 2.77. The van der Waals surface area contributed by atoms with Crippen molar-refractivity contribution in [2.75, 3.05) is 19.7 Å². The lowest BCUT2D eigenvalue weighted by Gasteiger charge is -2.39. The highest BCUT2D eigenvalue weighted by Gasteiger charge is 2.40. The Hall–Kier alpha value is -1.26. The average molecular weight is 281 g/mol. The maximum absolute atomic E-state index is 12.3. The van der Waals surface area contributed by atoms with Crippen molar-refractivity contribution in [3.8, 4) is 5.75 Å². The highest BCUT2D eigenvalue weighted by molar-refractivity contribution is 6.32. The van der Waals surface area contributed by atoms with E-state index in [1.165, 1.54) is 0 Å². The van der Waals surface area contributed by atoms with Crippen molar-refractivity contribution in [2.45, 2.75) is 19.4 Å². The van der Waals surface area contributed by atoms with Crippen LogP contribution in [0.5, 0.6) is 5.75 Å². The van der Waals surface area contributed by atoms with Gasteiger partial charge in [0.2, 0.25) is 5.91 Å². The molecule has 1 atom stereocenters. The number of hydrogen-bond acceptors (Lipinski definition) is 3. The summed E-state index contributed by atoms with van der Waals surface area (Å²) in [7, 11) is 0. The second kappa shape index (κ2) is 4.69. The van der Waals surface area contributed by atoms with Crippen molar-refractivity contribution in [1.29, 1.82) is 0 Å². The van der Waals surface area contributed by atoms with E-state index in [-0.39, 0.29) is 17.4 Å². The maximum atomic E-state index is 12.3. The molecule has 102 valence electrons. The molecule has 2 heterocycles. The summed E-state index contributed by atoms with van der Waals surface area (Å²) >= 11 is 6.12. The summed E-state index contributed by atoms with van der Waals surface area (Å²) in [6.45, 7) is 4.04. The van der Waals surface area contributed by atoms with Gasteiger partial charge in [-0.2, -0.15) is 0 Å². The predicted molar refractivity (Wildman–Crippen MR) is 73.4 cm³/mol. The summed E-state index contributed by atoms with van der Waals surface area (Å²) in [5.41, 5.74) is 0.694. The Morgan fingerprint density at radius 2 is 2.32 bits per heavy atom. The first-order valence-electron chi connectivity index (χ1n) is 6.53. The number of amides is 1. The van der Waals surface area contributed by atoms with Crippen LogP contribution in [0, 0.1) is 5.41 Å². The summed E-state index contributed by atoms with van der Waals surface area (Å²) in [6.07, 6.45) is 0.780. The number of halogens is 1. The van der Waals surface area contributed by atoms with E-state index in [1.807, 2.05) is 25.1 Å². The monoisotopic (exact) mass is 280 g/mol. The fraction of sp³-hybridized carbons (Fsp3) is 0.500. The Kier molecular flexibility index (Phi) is 3.15. The van der Waals surface area contributed by atoms with Gasteiger partial charge in [-0.25, -0.2) is 0 Å². The Morgan fingerprint density at radius 1 is 1.53 bits per heavy atom. The van der Waals surface area contributed by atoms with Gasteiger partial charge in [0.05, 0.1) is 23.1 Å². The van der Waals surface area contributed by atoms with Crippen molar-refractivity contribution in [2.24, 2.45) is 5.41 Å². The minimum Gasteiger partial charge on any atom is -0.492 e. The molecule has 1 amide bonds. The van der Waals surface area contributed by atoms with Crippen LogP contribution >= 0.6 is 11.6 Å². The molecule has 2 aliphatic heterocycles. The molecule has 0 radical (unpaired) electrons. The molecule has 0 saturated carbocycles. The Labute approximate surface area is 117 Å². The summed E-state index contributed by atoms with van der Waals surface area (Å²) in [4.78, 5) is 12.3. The van der Waals surface area contributed by atoms with Crippen molar-refractivity contribution >= 4 is 17.5 Å². The molecule has 3 rings (SSSR count). The third-order valence-corrected chi connectivity index (χ3v) is 4.21. The van der Waals surface area contributed by atoms with Gasteiger partial charge in [-0.1, -0.05) is 23.7 Å². The van der Waals surface area contributed by atoms with E-state index in [0.717, 1.165) is 25.1 Å². The number of ether oxygens (including phenoxy) is 1. The fourth-order valence-electron chi connectivity index (χ4n) is 2.53. The van der Waals surface area contributed by atoms with Gasteiger partial charge in [0.25, 0.3) is 0 Å². The minimum absolute atomic E-state index is 0.00706. The molecule has 0 spiro atoms. The maximum Gasteiger partial charge on any atom is 0.229 e. The van der Waals surface area contributed by atoms with Gasteiger partial charge in [0.1, 0.15) is 5.75 Å². The summed E-state index contributed by atoms with van der Waals surface area (Å²) < 4.78 is 5.60. The largest absolute Gasteiger partial charge is 0.492 e. The lowest BCUT2D eigenvalue weighted by Crippen LogP contribution is -2.60. The molecular formula is C14H17ClN2O2. The Balaban J connectivity index is 1.80. The summed E-state index contributed by atoms with van der Waals surface area (Å²) in [6, 6.07) is 5.66. The molecule has 0 bridgehead atoms. The number of benzene rings is 1. The number of carbonyl (C=O) groups is 1. The molecule has 1 aromatic carbocycles. The second-order valence-corrected chi connectivity index (χ2v) is 5.89. The molecule has 1 fully saturated rings. The van der Waals surface area contributed by atoms with Gasteiger partial charge in [0.15, 0.2) is 0 Å². The molecule has 5 heteroatoms. The van der Waals surface area contributed by atoms with E-state index < -0.39 is 0 Å². The van der Waals surface area contributed by atoms with Crippen LogP contribution in [0.1, 0.15) is 24.9 Å². The number of nitrogens with one attached hydrogen (secondary N) is 2. The molecule has 1 saturated heterocycles. The van der Waals surface area contributed by atoms with E-state index in [1.54, 1.807) is 0 Å². The number of fused-ring (bicyclic) bond motifs is 1. The summed E-state index contributed by atoms with van der Waals surface area (Å²) in [5, 5.41) is 6.87. The van der Waals surface area contributed by atoms with Crippen molar-refractivity contribution < 1.29 is 9.53 Å². The van der Waals surface area contributed by atoms with Crippen molar-refractivity contribution in [3.05, 3.63) is 28.8 Å². The van der Waals surface area contributed by atoms with Gasteiger partial charge in [0, 0.05) is 25.1 Å². The molecule has 0 aromatic heterocycles. The first-order chi connectivity index (χ1) is 9.10. The van der Waals surface area contributed by atoms with Crippen LogP contribution < -0.4 is 15.4 Å². The Morgan fingerprint density at radius 3 is 3.00 bits per heavy atom. The van der Waals surface area contributed by atoms with Crippen LogP contribution in [-0.2, 0) is 4.79 Å². The quantitative estimate of drug-likeness (QED) is 0.870. The Bertz CT molecular complexity index is 514. The molecular weight excluding hydrogens is 264 g/mol. The van der Waals surface area contributed by atoms with E-state index in [4.69, 9.17) is 16.3 Å². The number of para-hydroxylation sites is 1. The molecule has 1 unspecified atom stereocenters. The normalized spacial score (nSPS) is 23.8. The SMILES string of the molecule is CC1(C(=O)NC2CCOc3c(Cl)cccc32)CNC1. The zero-order valence-corrected chi connectivity index (χ0v) is 11.6. The molecule has 0 aliphatic carbocycles. The van der Waals surface area contributed by atoms with E-state index >= 15 is 0 Å². The summed E-state index contributed by atoms with van der Waals surface area (Å²) in [5.74, 6) is 0.807. The van der Waals surface area contributed by atoms with Crippen molar-refractivity contribution in [1.82, 2.24) is 10.6 Å². The van der Waals surface area contributed by atoms with Crippen molar-refractivity contribution in [3.63, 3.8) is 0 Å². The van der Waals surface area contributed by atoms with Crippen LogP contribution in [0.4, 0.5) is 0 Å². The van der Waals surface area contributed by atoms with Crippen LogP contribution in [-0.4, -0.2) is 25.6 Å². The molecule has 2 aliphatic rings. The predicted octanol–water partition coefficient (Wildman–Crippen LogP) is 1.89. The third-order valence-electron chi connectivity index (χ3n) is 3.91. The molecule has 4 nitrogen and oxygen atoms in total. The molecule has 1 aromatic rings. The molecule has 19 heavy (non-hydrogen) atoms. The standard InChI is InChI=1S/C14H17ClN2O2/c1-14(7-16-8-14)13(18)17-11-5-6-19-12-9(11)3-2-4-10(12)15/h2-4,11,16H,5-8H2,1H3,(H,17,18). The van der Waals surface area contributed by atoms with E-state index in [2.05, 4.69) is 10.6 Å². The van der Waals surface area contributed by atoms with Gasteiger partial charge < -0.3 is 15.4 Å². The van der Waals surface area contributed by atoms with Gasteiger partial charge >= 0.3 is 0 Å². The zero-order valence-electron chi connectivity index (χ0n) is 10.8. The van der Waals surface area contributed by atoms with Crippen LogP contribution in [0.15, 0.2) is 18.2 Å². The number of hydrogen-bond donors (Lipinski definition) is 2. The van der Waals surface area contributed by atoms with E-state index in [0.29, 0.717) is 17.4 Å². The first kappa shape index (κ1) is 12.8. The topological polar surface area (TPSA) is 50.4 Å². The molecule has 2 N–H and O–H groups in total. The lowest BCUT2D eigenvalue weighted by molar-refractivity contribution is -0.133. The third kappa shape index (κ3) is 2.19. The van der Waals surface area contributed by atoms with Crippen LogP contribution in [0.25, 0.3) is 0 Å². The number of carbonyl (C=O) groups excluding carboxylic acids is 1. The number of rotatable bonds is 2. The first-order valence-corrected chi connectivity index (χ1v) is 6.91. The van der Waals surface area contributed by atoms with Gasteiger partial charge in [-0.3, -0.25) is 4.79 Å². The lowest BCUT2D eigenvalue weighted by atomic mass is 9.82. The average Bonchev–Trinajstić information content (AvgIpc) is 2.37. The van der Waals surface area contributed by atoms with Gasteiger partial charge in [-0.05, 0) is 13.0 Å². The second-order valence-electron chi connectivity index (χ2n) is 5.49. The zero-order chi connectivity index (χ0) is 13.5. The van der Waals surface area contributed by atoms with E-state index in [9.17, 15) is 4.79 Å². The highest BCUT2D eigenvalue weighted by Crippen LogP contribution is 2.38. The van der Waals surface area contributed by atoms with Gasteiger partial charge in [-0.15, -0.1) is 0 Å². The van der Waals surface area contributed by atoms with Crippen LogP contribution in [0.3, 0.4) is 0 Å².